The number of H-pyrrole nitrogens is 1. The number of carbonyl (C=O) groups excluding carboxylic acids is 1. The maximum Gasteiger partial charge on any atom is 0.295 e. The van der Waals surface area contributed by atoms with E-state index in [9.17, 15) is 13.2 Å². The lowest BCUT2D eigenvalue weighted by Crippen LogP contribution is -2.12. The molecule has 0 radical (unpaired) electrons. The lowest BCUT2D eigenvalue weighted by molar-refractivity contribution is 0.1000. The van der Waals surface area contributed by atoms with Crippen molar-refractivity contribution in [2.24, 2.45) is 5.73 Å². The Kier molecular flexibility index (Phi) is 2.89. The third-order valence-electron chi connectivity index (χ3n) is 2.33. The van der Waals surface area contributed by atoms with Crippen molar-refractivity contribution in [2.45, 2.75) is 4.90 Å². The molecule has 0 aliphatic carbocycles. The molecule has 0 saturated carbocycles. The van der Waals surface area contributed by atoms with E-state index in [4.69, 9.17) is 10.3 Å². The van der Waals surface area contributed by atoms with Gasteiger partial charge in [-0.25, -0.2) is 4.98 Å². The fourth-order valence-corrected chi connectivity index (χ4v) is 2.25. The molecule has 1 heterocycles. The number of nitrogens with one attached hydrogen (secondary N) is 1. The van der Waals surface area contributed by atoms with Crippen molar-refractivity contribution in [1.29, 1.82) is 0 Å². The van der Waals surface area contributed by atoms with Crippen LogP contribution in [0.15, 0.2) is 35.6 Å². The molecule has 2 rings (SSSR count). The zero-order valence-corrected chi connectivity index (χ0v) is 9.81. The standard InChI is InChI=1S/C10H9N3O4S/c11-10(14)6-1-2-7(8-4-12-5-13-8)9(3-6)18(15,16)17/h1-5H,(H2,11,14)(H,12,13)(H,15,16,17). The number of amides is 1. The fourth-order valence-electron chi connectivity index (χ4n) is 1.51. The lowest BCUT2D eigenvalue weighted by Gasteiger charge is -2.06. The van der Waals surface area contributed by atoms with E-state index in [0.717, 1.165) is 6.07 Å². The average Bonchev–Trinajstić information content (AvgIpc) is 2.80. The summed E-state index contributed by atoms with van der Waals surface area (Å²) < 4.78 is 31.7. The van der Waals surface area contributed by atoms with Crippen LogP contribution in [-0.2, 0) is 10.1 Å². The molecule has 0 aliphatic heterocycles. The summed E-state index contributed by atoms with van der Waals surface area (Å²) in [6.45, 7) is 0. The van der Waals surface area contributed by atoms with E-state index in [1.165, 1.54) is 24.7 Å². The molecule has 0 spiro atoms. The Morgan fingerprint density at radius 3 is 2.61 bits per heavy atom. The van der Waals surface area contributed by atoms with Crippen molar-refractivity contribution in [3.63, 3.8) is 0 Å². The van der Waals surface area contributed by atoms with E-state index in [1.54, 1.807) is 0 Å². The molecule has 8 heteroatoms. The van der Waals surface area contributed by atoms with Crippen LogP contribution in [0, 0.1) is 0 Å². The van der Waals surface area contributed by atoms with Gasteiger partial charge in [0.15, 0.2) is 0 Å². The van der Waals surface area contributed by atoms with Crippen molar-refractivity contribution >= 4 is 16.0 Å². The van der Waals surface area contributed by atoms with Gasteiger partial charge in [0.25, 0.3) is 10.1 Å². The summed E-state index contributed by atoms with van der Waals surface area (Å²) in [6.07, 6.45) is 2.76. The van der Waals surface area contributed by atoms with Crippen molar-refractivity contribution in [1.82, 2.24) is 9.97 Å². The summed E-state index contributed by atoms with van der Waals surface area (Å²) in [4.78, 5) is 17.1. The number of carbonyl (C=O) groups is 1. The molecule has 0 atom stereocenters. The van der Waals surface area contributed by atoms with Gasteiger partial charge in [0.1, 0.15) is 4.90 Å². The highest BCUT2D eigenvalue weighted by molar-refractivity contribution is 7.86. The number of nitrogens with two attached hydrogens (primary N) is 1. The largest absolute Gasteiger partial charge is 0.366 e. The van der Waals surface area contributed by atoms with Crippen LogP contribution < -0.4 is 5.73 Å². The first-order chi connectivity index (χ1) is 8.39. The maximum atomic E-state index is 11.3. The van der Waals surface area contributed by atoms with E-state index < -0.39 is 20.9 Å². The third kappa shape index (κ3) is 2.24. The highest BCUT2D eigenvalue weighted by Gasteiger charge is 2.19. The molecule has 94 valence electrons. The molecule has 2 aromatic rings. The smallest absolute Gasteiger partial charge is 0.295 e. The molecule has 0 unspecified atom stereocenters. The number of rotatable bonds is 3. The number of imidazole rings is 1. The molecule has 1 amide bonds. The fraction of sp³-hybridized carbons (Fsp3) is 0. The SMILES string of the molecule is NC(=O)c1ccc(-c2cnc[nH]2)c(S(=O)(=O)O)c1. The minimum Gasteiger partial charge on any atom is -0.366 e. The molecule has 0 aliphatic rings. The number of hydrogen-bond acceptors (Lipinski definition) is 4. The molecule has 1 aromatic carbocycles. The van der Waals surface area contributed by atoms with Gasteiger partial charge in [0.05, 0.1) is 18.2 Å². The van der Waals surface area contributed by atoms with Crippen molar-refractivity contribution in [3.8, 4) is 11.3 Å². The van der Waals surface area contributed by atoms with Gasteiger partial charge in [-0.2, -0.15) is 8.42 Å². The van der Waals surface area contributed by atoms with Gasteiger partial charge < -0.3 is 10.7 Å². The van der Waals surface area contributed by atoms with Gasteiger partial charge in [0.2, 0.25) is 5.91 Å². The minimum atomic E-state index is -4.47. The first-order valence-electron chi connectivity index (χ1n) is 4.79. The number of aromatic nitrogens is 2. The van der Waals surface area contributed by atoms with E-state index in [0.29, 0.717) is 5.69 Å². The van der Waals surface area contributed by atoms with Crippen LogP contribution in [0.25, 0.3) is 11.3 Å². The van der Waals surface area contributed by atoms with Gasteiger partial charge in [-0.15, -0.1) is 0 Å². The van der Waals surface area contributed by atoms with Crippen LogP contribution in [-0.4, -0.2) is 28.8 Å². The third-order valence-corrected chi connectivity index (χ3v) is 3.23. The number of benzene rings is 1. The minimum absolute atomic E-state index is 0.00843. The van der Waals surface area contributed by atoms with Crippen LogP contribution in [0.3, 0.4) is 0 Å². The highest BCUT2D eigenvalue weighted by Crippen LogP contribution is 2.26. The summed E-state index contributed by atoms with van der Waals surface area (Å²) in [6, 6.07) is 3.76. The van der Waals surface area contributed by atoms with E-state index in [2.05, 4.69) is 9.97 Å². The van der Waals surface area contributed by atoms with E-state index in [1.807, 2.05) is 0 Å². The van der Waals surface area contributed by atoms with Crippen molar-refractivity contribution in [2.75, 3.05) is 0 Å². The number of nitrogens with zero attached hydrogens (tertiary/aromatic N) is 1. The normalized spacial score (nSPS) is 11.4. The molecular formula is C10H9N3O4S. The molecule has 0 saturated heterocycles. The van der Waals surface area contributed by atoms with Crippen LogP contribution in [0.1, 0.15) is 10.4 Å². The zero-order chi connectivity index (χ0) is 13.3. The summed E-state index contributed by atoms with van der Waals surface area (Å²) in [5, 5.41) is 0. The molecule has 4 N–H and O–H groups in total. The molecule has 0 bridgehead atoms. The molecule has 18 heavy (non-hydrogen) atoms. The lowest BCUT2D eigenvalue weighted by atomic mass is 10.1. The second-order valence-corrected chi connectivity index (χ2v) is 4.91. The molecule has 0 fully saturated rings. The van der Waals surface area contributed by atoms with Crippen LogP contribution in [0.2, 0.25) is 0 Å². The second-order valence-electron chi connectivity index (χ2n) is 3.52. The average molecular weight is 267 g/mol. The molecule has 7 nitrogen and oxygen atoms in total. The van der Waals surface area contributed by atoms with Gasteiger partial charge in [-0.1, -0.05) is 6.07 Å². The predicted octanol–water partition coefficient (Wildman–Crippen LogP) is 0.422. The Balaban J connectivity index is 2.72. The highest BCUT2D eigenvalue weighted by atomic mass is 32.2. The van der Waals surface area contributed by atoms with Crippen molar-refractivity contribution < 1.29 is 17.8 Å². The summed E-state index contributed by atoms with van der Waals surface area (Å²) in [5.41, 5.74) is 5.66. The monoisotopic (exact) mass is 267 g/mol. The van der Waals surface area contributed by atoms with Gasteiger partial charge >= 0.3 is 0 Å². The maximum absolute atomic E-state index is 11.3. The number of primary amides is 1. The Morgan fingerprint density at radius 2 is 2.11 bits per heavy atom. The van der Waals surface area contributed by atoms with Crippen LogP contribution in [0.5, 0.6) is 0 Å². The summed E-state index contributed by atoms with van der Waals surface area (Å²) >= 11 is 0. The number of aromatic amines is 1. The summed E-state index contributed by atoms with van der Waals surface area (Å²) in [7, 11) is -4.47. The van der Waals surface area contributed by atoms with Gasteiger partial charge in [-0.05, 0) is 12.1 Å². The number of hydrogen-bond donors (Lipinski definition) is 3. The van der Waals surface area contributed by atoms with Crippen LogP contribution in [0.4, 0.5) is 0 Å². The van der Waals surface area contributed by atoms with Crippen molar-refractivity contribution in [3.05, 3.63) is 36.3 Å². The molecule has 1 aromatic heterocycles. The Hall–Kier alpha value is -2.19. The first kappa shape index (κ1) is 12.3. The quantitative estimate of drug-likeness (QED) is 0.695. The Labute approximate surface area is 102 Å². The van der Waals surface area contributed by atoms with E-state index in [-0.39, 0.29) is 11.1 Å². The first-order valence-corrected chi connectivity index (χ1v) is 6.23. The van der Waals surface area contributed by atoms with Gasteiger partial charge in [-0.3, -0.25) is 9.35 Å². The molecular weight excluding hydrogens is 258 g/mol. The predicted molar refractivity (Wildman–Crippen MR) is 62.4 cm³/mol. The summed E-state index contributed by atoms with van der Waals surface area (Å²) in [5.74, 6) is -0.781. The zero-order valence-electron chi connectivity index (χ0n) is 8.99. The second kappa shape index (κ2) is 4.24. The Bertz CT molecular complexity index is 692. The Morgan fingerprint density at radius 1 is 1.39 bits per heavy atom. The van der Waals surface area contributed by atoms with E-state index >= 15 is 0 Å². The van der Waals surface area contributed by atoms with Crippen LogP contribution >= 0.6 is 0 Å². The topological polar surface area (TPSA) is 126 Å². The van der Waals surface area contributed by atoms with Gasteiger partial charge in [0, 0.05) is 11.1 Å².